The van der Waals surface area contributed by atoms with Gasteiger partial charge in [-0.05, 0) is 87.7 Å². The second-order valence-corrected chi connectivity index (χ2v) is 29.3. The summed E-state index contributed by atoms with van der Waals surface area (Å²) in [7, 11) is 0. The highest BCUT2D eigenvalue weighted by Gasteiger charge is 2.43. The SMILES string of the molecule is CC[C@H](C)[C@H](NC(=O)[C@H](CC(N)=O)NC(=O)[C@H](C)NC(=O)CN)C(=O)N1CCC[C@H]1C(=O)N[C@@H](C)C(=O)N[C@@H](CCC(=O)O)C(=O)N[C@@H](Cc1ccccc1)C(=O)N[C@@H](CC(C)C)C(=O)N[C@@H](CCC(=O)O)C(=O)N[C@@H](CC(N)=O)C(=O)N[C@@H](Cc1ccccc1)C(=O)N[C@H](C(=O)N[C@@H](CCCNC(=N)N)C(=O)N[C@@H](CO)C(=O)O)C(C)C. The van der Waals surface area contributed by atoms with Crippen molar-refractivity contribution in [1.29, 1.82) is 5.41 Å². The van der Waals surface area contributed by atoms with Gasteiger partial charge in [0.15, 0.2) is 5.96 Å². The summed E-state index contributed by atoms with van der Waals surface area (Å²) in [5.41, 5.74) is 22.6. The van der Waals surface area contributed by atoms with Crippen molar-refractivity contribution in [3.05, 3.63) is 71.8 Å². The van der Waals surface area contributed by atoms with E-state index in [0.717, 1.165) is 0 Å². The van der Waals surface area contributed by atoms with E-state index in [1.54, 1.807) is 88.4 Å². The van der Waals surface area contributed by atoms with Gasteiger partial charge < -0.3 is 123 Å². The highest BCUT2D eigenvalue weighted by Crippen LogP contribution is 2.23. The Labute approximate surface area is 680 Å². The molecule has 118 heavy (non-hydrogen) atoms. The monoisotopic (exact) mass is 1660 g/mol. The van der Waals surface area contributed by atoms with Crippen molar-refractivity contribution in [3.8, 4) is 0 Å². The highest BCUT2D eigenvalue weighted by molar-refractivity contribution is 6.02. The third kappa shape index (κ3) is 34.9. The fraction of sp³-hybridized carbons (Fsp3) is 0.573. The number of likely N-dealkylation sites (tertiary alicyclic amines) is 1. The summed E-state index contributed by atoms with van der Waals surface area (Å²) in [5.74, 6) is -23.2. The number of aliphatic carboxylic acids is 3. The number of carboxylic acid groups (broad SMARTS) is 3. The van der Waals surface area contributed by atoms with Crippen molar-refractivity contribution in [3.63, 3.8) is 0 Å². The molecule has 652 valence electrons. The molecule has 3 rings (SSSR count). The van der Waals surface area contributed by atoms with E-state index < -0.39 is 272 Å². The lowest BCUT2D eigenvalue weighted by Crippen LogP contribution is -2.62. The normalized spacial score (nSPS) is 15.9. The zero-order valence-corrected chi connectivity index (χ0v) is 67.1. The number of rotatable bonds is 52. The minimum absolute atomic E-state index is 0.0139. The third-order valence-corrected chi connectivity index (χ3v) is 18.8. The second-order valence-electron chi connectivity index (χ2n) is 29.3. The zero-order valence-electron chi connectivity index (χ0n) is 67.1. The number of hydrogen-bond acceptors (Lipinski definition) is 22. The van der Waals surface area contributed by atoms with Crippen LogP contribution in [0.15, 0.2) is 60.7 Å². The molecular weight excluding hydrogens is 1550 g/mol. The Balaban J connectivity index is 1.96. The van der Waals surface area contributed by atoms with Crippen LogP contribution in [0.1, 0.15) is 144 Å². The van der Waals surface area contributed by atoms with Gasteiger partial charge in [0, 0.05) is 38.8 Å². The average molecular weight is 1660 g/mol. The minimum atomic E-state index is -1.99. The zero-order chi connectivity index (χ0) is 88.8. The van der Waals surface area contributed by atoms with E-state index in [4.69, 9.17) is 28.3 Å². The smallest absolute Gasteiger partial charge is 0.328 e. The van der Waals surface area contributed by atoms with Crippen LogP contribution >= 0.6 is 0 Å². The topological polar surface area (TPSA) is 705 Å². The fourth-order valence-electron chi connectivity index (χ4n) is 12.1. The van der Waals surface area contributed by atoms with Crippen LogP contribution in [0.2, 0.25) is 0 Å². The summed E-state index contributed by atoms with van der Waals surface area (Å²) in [6.07, 6.45) is -4.98. The standard InChI is InChI=1S/C75H114N20O23/c1-9-39(6)60(94-70(113)51(34-55(78)98)87-61(104)40(7)82-56(99)35-76)73(116)95-29-17-23-53(95)71(114)83-41(8)62(105)84-45(24-26-57(100)101)64(107)89-48(31-42-18-12-10-13-19-42)67(110)88-47(30-37(2)3)66(109)85-46(25-27-58(102)103)65(108)91-50(33-54(77)97)68(111)90-49(32-43-20-14-11-15-21-43)69(112)93-59(38(4)5)72(115)86-44(22-16-28-81-75(79)80)63(106)92-52(36-96)74(117)118/h10-15,18-21,37-41,44-53,59-60,96H,9,16-17,22-36,76H2,1-8H3,(H2,77,97)(H2,78,98)(H,82,99)(H,83,114)(H,84,105)(H,85,109)(H,86,115)(H,87,104)(H,88,110)(H,89,107)(H,90,111)(H,91,108)(H,92,106)(H,93,112)(H,94,113)(H,100,101)(H,102,103)(H,117,118)(H4,79,80,81)/t39-,40-,41-,44-,45-,46-,47-,48-,49-,50-,51-,52-,53-,59-,60-/m0/s1. The van der Waals surface area contributed by atoms with Crippen LogP contribution in [0, 0.1) is 23.2 Å². The van der Waals surface area contributed by atoms with E-state index in [9.17, 15) is 112 Å². The van der Waals surface area contributed by atoms with Crippen molar-refractivity contribution in [1.82, 2.24) is 79.3 Å². The number of carbonyl (C=O) groups is 19. The van der Waals surface area contributed by atoms with Crippen LogP contribution in [0.3, 0.4) is 0 Å². The lowest BCUT2D eigenvalue weighted by molar-refractivity contribution is -0.143. The van der Waals surface area contributed by atoms with Crippen molar-refractivity contribution in [2.45, 2.75) is 230 Å². The number of aliphatic hydroxyl groups is 1. The molecule has 2 aromatic rings. The molecular formula is C75H114N20O23. The number of amides is 16. The molecule has 0 aromatic heterocycles. The Bertz CT molecular complexity index is 3870. The number of carboxylic acids is 3. The van der Waals surface area contributed by atoms with Gasteiger partial charge in [-0.25, -0.2) is 4.79 Å². The van der Waals surface area contributed by atoms with Gasteiger partial charge in [-0.2, -0.15) is 0 Å². The van der Waals surface area contributed by atoms with Gasteiger partial charge in [-0.15, -0.1) is 0 Å². The van der Waals surface area contributed by atoms with Gasteiger partial charge in [0.05, 0.1) is 26.0 Å². The van der Waals surface area contributed by atoms with Crippen LogP contribution in [-0.2, 0) is 104 Å². The van der Waals surface area contributed by atoms with Gasteiger partial charge in [0.2, 0.25) is 94.5 Å². The van der Waals surface area contributed by atoms with Crippen LogP contribution < -0.4 is 97.4 Å². The quantitative estimate of drug-likeness (QED) is 0.0166. The Morgan fingerprint density at radius 1 is 0.475 bits per heavy atom. The lowest BCUT2D eigenvalue weighted by atomic mass is 9.96. The first-order valence-corrected chi connectivity index (χ1v) is 38.4. The summed E-state index contributed by atoms with van der Waals surface area (Å²) in [4.78, 5) is 258. The summed E-state index contributed by atoms with van der Waals surface area (Å²) in [6, 6.07) is -6.44. The Morgan fingerprint density at radius 2 is 0.864 bits per heavy atom. The predicted octanol–water partition coefficient (Wildman–Crippen LogP) is -6.67. The summed E-state index contributed by atoms with van der Waals surface area (Å²) in [6.45, 7) is 10.7. The largest absolute Gasteiger partial charge is 0.481 e. The van der Waals surface area contributed by atoms with Crippen molar-refractivity contribution in [2.75, 3.05) is 26.2 Å². The molecule has 27 N–H and O–H groups in total. The number of carbonyl (C=O) groups excluding carboxylic acids is 16. The van der Waals surface area contributed by atoms with Gasteiger partial charge in [0.1, 0.15) is 84.6 Å². The van der Waals surface area contributed by atoms with Gasteiger partial charge in [-0.3, -0.25) is 91.7 Å². The number of aliphatic hydroxyl groups excluding tert-OH is 1. The number of nitrogens with two attached hydrogens (primary N) is 4. The van der Waals surface area contributed by atoms with Crippen LogP contribution in [0.4, 0.5) is 0 Å². The minimum Gasteiger partial charge on any atom is -0.481 e. The third-order valence-electron chi connectivity index (χ3n) is 18.8. The van der Waals surface area contributed by atoms with E-state index >= 15 is 0 Å². The summed E-state index contributed by atoms with van der Waals surface area (Å²) < 4.78 is 0. The first kappa shape index (κ1) is 99.8. The number of benzene rings is 2. The van der Waals surface area contributed by atoms with Gasteiger partial charge >= 0.3 is 17.9 Å². The summed E-state index contributed by atoms with van der Waals surface area (Å²) in [5, 5.41) is 80.3. The van der Waals surface area contributed by atoms with Crippen molar-refractivity contribution in [2.24, 2.45) is 40.7 Å². The van der Waals surface area contributed by atoms with Crippen molar-refractivity contribution < 1.29 is 112 Å². The van der Waals surface area contributed by atoms with Gasteiger partial charge in [0.25, 0.3) is 0 Å². The van der Waals surface area contributed by atoms with E-state index in [-0.39, 0.29) is 64.5 Å². The molecule has 0 saturated carbocycles. The predicted molar refractivity (Wildman–Crippen MR) is 420 cm³/mol. The number of hydrogen-bond donors (Lipinski definition) is 23. The summed E-state index contributed by atoms with van der Waals surface area (Å²) >= 11 is 0. The maximum absolute atomic E-state index is 14.8. The maximum atomic E-state index is 14.8. The molecule has 16 amide bonds. The number of nitrogens with zero attached hydrogens (tertiary/aromatic N) is 1. The molecule has 15 atom stereocenters. The van der Waals surface area contributed by atoms with Crippen LogP contribution in [0.25, 0.3) is 0 Å². The molecule has 1 saturated heterocycles. The molecule has 1 heterocycles. The van der Waals surface area contributed by atoms with Crippen molar-refractivity contribution >= 4 is 118 Å². The molecule has 1 aliphatic heterocycles. The first-order valence-electron chi connectivity index (χ1n) is 38.4. The van der Waals surface area contributed by atoms with E-state index in [1.807, 2.05) is 0 Å². The molecule has 1 fully saturated rings. The second kappa shape index (κ2) is 50.1. The number of primary amides is 2. The molecule has 0 aliphatic carbocycles. The molecule has 43 nitrogen and oxygen atoms in total. The Hall–Kier alpha value is -12.4. The van der Waals surface area contributed by atoms with E-state index in [2.05, 4.69) is 74.4 Å². The van der Waals surface area contributed by atoms with Crippen LogP contribution in [-0.4, -0.2) is 255 Å². The maximum Gasteiger partial charge on any atom is 0.328 e. The Morgan fingerprint density at radius 3 is 1.31 bits per heavy atom. The lowest BCUT2D eigenvalue weighted by Gasteiger charge is -2.32. The van der Waals surface area contributed by atoms with Gasteiger partial charge in [-0.1, -0.05) is 109 Å². The highest BCUT2D eigenvalue weighted by atomic mass is 16.4. The molecule has 0 spiro atoms. The number of nitrogens with one attached hydrogen (secondary N) is 15. The van der Waals surface area contributed by atoms with E-state index in [0.29, 0.717) is 11.1 Å². The van der Waals surface area contributed by atoms with E-state index in [1.165, 1.54) is 32.6 Å². The average Bonchev–Trinajstić information content (AvgIpc) is 1.63. The fourth-order valence-corrected chi connectivity index (χ4v) is 12.1. The Kier molecular flexibility index (Phi) is 42.4. The molecule has 0 unspecified atom stereocenters. The molecule has 2 aromatic carbocycles. The molecule has 0 bridgehead atoms. The molecule has 1 aliphatic rings. The molecule has 0 radical (unpaired) electrons. The van der Waals surface area contributed by atoms with Crippen LogP contribution in [0.5, 0.6) is 0 Å². The number of guanidine groups is 1. The first-order chi connectivity index (χ1) is 55.5. The molecule has 43 heteroatoms.